The van der Waals surface area contributed by atoms with Crippen molar-refractivity contribution in [2.45, 2.75) is 0 Å². The Morgan fingerprint density at radius 3 is 1.93 bits per heavy atom. The van der Waals surface area contributed by atoms with Crippen molar-refractivity contribution >= 4 is 16.7 Å². The van der Waals surface area contributed by atoms with E-state index < -0.39 is 0 Å². The quantitative estimate of drug-likeness (QED) is 0.437. The van der Waals surface area contributed by atoms with Gasteiger partial charge in [0, 0.05) is 11.1 Å². The van der Waals surface area contributed by atoms with Crippen LogP contribution in [0.3, 0.4) is 0 Å². The number of benzene rings is 3. The van der Waals surface area contributed by atoms with Crippen LogP contribution in [-0.4, -0.2) is 29.4 Å². The normalized spacial score (nSPS) is 11.3. The van der Waals surface area contributed by atoms with Crippen molar-refractivity contribution in [3.05, 3.63) is 97.3 Å². The van der Waals surface area contributed by atoms with E-state index in [1.165, 1.54) is 0 Å². The van der Waals surface area contributed by atoms with Crippen molar-refractivity contribution in [2.75, 3.05) is 0 Å². The molecule has 0 aliphatic carbocycles. The van der Waals surface area contributed by atoms with Crippen LogP contribution in [0.1, 0.15) is 0 Å². The van der Waals surface area contributed by atoms with E-state index in [1.54, 1.807) is 10.8 Å². The largest absolute Gasteiger partial charge is 0.216 e. The molecule has 142 valence electrons. The lowest BCUT2D eigenvalue weighted by Gasteiger charge is -2.01. The van der Waals surface area contributed by atoms with Gasteiger partial charge in [0.05, 0.1) is 11.1 Å². The van der Waals surface area contributed by atoms with Crippen LogP contribution in [0.15, 0.2) is 97.3 Å². The first-order chi connectivity index (χ1) is 14.9. The zero-order valence-electron chi connectivity index (χ0n) is 15.9. The first-order valence-electron chi connectivity index (χ1n) is 9.69. The lowest BCUT2D eigenvalue weighted by Crippen LogP contribution is -1.98. The van der Waals surface area contributed by atoms with Gasteiger partial charge in [-0.1, -0.05) is 78.9 Å². The summed E-state index contributed by atoms with van der Waals surface area (Å²) < 4.78 is 3.60. The van der Waals surface area contributed by atoms with Crippen molar-refractivity contribution in [3.8, 4) is 28.3 Å². The van der Waals surface area contributed by atoms with Crippen LogP contribution in [0.5, 0.6) is 0 Å². The van der Waals surface area contributed by atoms with Crippen LogP contribution < -0.4 is 0 Å². The Morgan fingerprint density at radius 2 is 1.23 bits per heavy atom. The van der Waals surface area contributed by atoms with E-state index in [9.17, 15) is 0 Å². The van der Waals surface area contributed by atoms with Crippen molar-refractivity contribution in [1.29, 1.82) is 0 Å². The molecule has 0 saturated carbocycles. The molecule has 0 unspecified atom stereocenters. The first-order valence-corrected chi connectivity index (χ1v) is 9.69. The van der Waals surface area contributed by atoms with Crippen LogP contribution in [0.2, 0.25) is 0 Å². The summed E-state index contributed by atoms with van der Waals surface area (Å²) in [4.78, 5) is 9.56. The molecule has 6 rings (SSSR count). The van der Waals surface area contributed by atoms with Crippen LogP contribution in [0, 0.1) is 0 Å². The number of hydrogen-bond donors (Lipinski definition) is 0. The van der Waals surface area contributed by atoms with Gasteiger partial charge in [-0.3, -0.25) is 0 Å². The molecule has 0 amide bonds. The van der Waals surface area contributed by atoms with E-state index in [0.717, 1.165) is 39.2 Å². The van der Waals surface area contributed by atoms with Crippen LogP contribution in [-0.2, 0) is 0 Å². The van der Waals surface area contributed by atoms with Gasteiger partial charge in [0.25, 0.3) is 0 Å². The lowest BCUT2D eigenvalue weighted by atomic mass is 10.1. The molecule has 0 saturated heterocycles. The number of hydrogen-bond acceptors (Lipinski definition) is 4. The van der Waals surface area contributed by atoms with Gasteiger partial charge in [0.1, 0.15) is 12.0 Å². The molecular weight excluding hydrogens is 372 g/mol. The number of para-hydroxylation sites is 1. The summed E-state index contributed by atoms with van der Waals surface area (Å²) in [7, 11) is 0. The predicted molar refractivity (Wildman–Crippen MR) is 116 cm³/mol. The highest BCUT2D eigenvalue weighted by molar-refractivity contribution is 6.01. The molecule has 3 aromatic carbocycles. The van der Waals surface area contributed by atoms with Gasteiger partial charge < -0.3 is 0 Å². The molecule has 0 N–H and O–H groups in total. The topological polar surface area (TPSA) is 60.9 Å². The molecule has 0 spiro atoms. The Labute approximate surface area is 172 Å². The third-order valence-corrected chi connectivity index (χ3v) is 5.09. The van der Waals surface area contributed by atoms with Gasteiger partial charge in [-0.15, -0.1) is 5.10 Å². The molecule has 30 heavy (non-hydrogen) atoms. The fourth-order valence-electron chi connectivity index (χ4n) is 3.67. The Bertz CT molecular complexity index is 1470. The van der Waals surface area contributed by atoms with E-state index in [2.05, 4.69) is 17.2 Å². The molecule has 3 heterocycles. The molecule has 0 aliphatic rings. The number of fused-ring (bicyclic) bond motifs is 3. The second kappa shape index (κ2) is 6.63. The minimum Gasteiger partial charge on any atom is -0.216 e. The van der Waals surface area contributed by atoms with Crippen molar-refractivity contribution in [3.63, 3.8) is 0 Å². The summed E-state index contributed by atoms with van der Waals surface area (Å²) in [5.74, 6) is 0.663. The highest BCUT2D eigenvalue weighted by Gasteiger charge is 2.20. The maximum absolute atomic E-state index is 4.94. The average Bonchev–Trinajstić information content (AvgIpc) is 3.43. The number of aromatic nitrogens is 6. The van der Waals surface area contributed by atoms with E-state index in [0.29, 0.717) is 5.82 Å². The zero-order chi connectivity index (χ0) is 19.9. The van der Waals surface area contributed by atoms with Gasteiger partial charge in [-0.25, -0.2) is 19.2 Å². The Kier molecular flexibility index (Phi) is 3.67. The first kappa shape index (κ1) is 16.6. The summed E-state index contributed by atoms with van der Waals surface area (Å²) in [5, 5.41) is 10.5. The maximum atomic E-state index is 4.94. The summed E-state index contributed by atoms with van der Waals surface area (Å²) in [6, 6.07) is 30.1. The third-order valence-electron chi connectivity index (χ3n) is 5.09. The molecular formula is C24H16N6. The van der Waals surface area contributed by atoms with Gasteiger partial charge >= 0.3 is 0 Å². The molecule has 0 fully saturated rings. The number of rotatable bonds is 3. The SMILES string of the molecule is c1ccc(-c2nc3c4c(-c5ccccc5)nn(-c5ccccc5)c4ncn3n2)cc1. The maximum Gasteiger partial charge on any atom is 0.182 e. The smallest absolute Gasteiger partial charge is 0.182 e. The summed E-state index contributed by atoms with van der Waals surface area (Å²) in [6.45, 7) is 0. The minimum absolute atomic E-state index is 0.663. The molecule has 0 aliphatic heterocycles. The van der Waals surface area contributed by atoms with Crippen LogP contribution >= 0.6 is 0 Å². The van der Waals surface area contributed by atoms with Gasteiger partial charge in [-0.2, -0.15) is 5.10 Å². The van der Waals surface area contributed by atoms with E-state index in [4.69, 9.17) is 15.1 Å². The van der Waals surface area contributed by atoms with Crippen molar-refractivity contribution < 1.29 is 0 Å². The lowest BCUT2D eigenvalue weighted by molar-refractivity contribution is 0.885. The van der Waals surface area contributed by atoms with Crippen molar-refractivity contribution in [2.24, 2.45) is 0 Å². The average molecular weight is 388 g/mol. The minimum atomic E-state index is 0.663. The number of nitrogens with zero attached hydrogens (tertiary/aromatic N) is 6. The molecule has 0 bridgehead atoms. The zero-order valence-corrected chi connectivity index (χ0v) is 15.9. The van der Waals surface area contributed by atoms with E-state index in [1.807, 2.05) is 83.5 Å². The Hall–Kier alpha value is -4.32. The fraction of sp³-hybridized carbons (Fsp3) is 0. The molecule has 6 nitrogen and oxygen atoms in total. The molecule has 6 heteroatoms. The summed E-state index contributed by atoms with van der Waals surface area (Å²) in [5.41, 5.74) is 5.24. The van der Waals surface area contributed by atoms with Gasteiger partial charge in [0.15, 0.2) is 17.1 Å². The van der Waals surface area contributed by atoms with Crippen LogP contribution in [0.25, 0.3) is 45.0 Å². The van der Waals surface area contributed by atoms with Gasteiger partial charge in [0.2, 0.25) is 0 Å². The molecule has 0 atom stereocenters. The Morgan fingerprint density at radius 1 is 0.600 bits per heavy atom. The van der Waals surface area contributed by atoms with E-state index >= 15 is 0 Å². The second-order valence-corrected chi connectivity index (χ2v) is 6.97. The fourth-order valence-corrected chi connectivity index (χ4v) is 3.67. The standard InChI is InChI=1S/C24H16N6/c1-4-10-17(11-5-1)21-20-23(30(27-21)19-14-8-3-9-15-19)25-16-29-24(20)26-22(28-29)18-12-6-2-7-13-18/h1-16H. The summed E-state index contributed by atoms with van der Waals surface area (Å²) >= 11 is 0. The van der Waals surface area contributed by atoms with E-state index in [-0.39, 0.29) is 0 Å². The summed E-state index contributed by atoms with van der Waals surface area (Å²) in [6.07, 6.45) is 1.70. The predicted octanol–water partition coefficient (Wildman–Crippen LogP) is 4.80. The second-order valence-electron chi connectivity index (χ2n) is 6.97. The van der Waals surface area contributed by atoms with Crippen molar-refractivity contribution in [1.82, 2.24) is 29.4 Å². The highest BCUT2D eigenvalue weighted by atomic mass is 15.4. The molecule has 6 aromatic rings. The molecule has 3 aromatic heterocycles. The third kappa shape index (κ3) is 2.58. The monoisotopic (exact) mass is 388 g/mol. The van der Waals surface area contributed by atoms with Gasteiger partial charge in [-0.05, 0) is 12.1 Å². The highest BCUT2D eigenvalue weighted by Crippen LogP contribution is 2.31. The van der Waals surface area contributed by atoms with Crippen LogP contribution in [0.4, 0.5) is 0 Å². The Balaban J connectivity index is 1.69. The molecule has 0 radical (unpaired) electrons.